The lowest BCUT2D eigenvalue weighted by Crippen LogP contribution is -2.03. The number of halogens is 2. The molecule has 2 aromatic rings. The maximum Gasteiger partial charge on any atom is 0.350 e. The second-order valence-corrected chi connectivity index (χ2v) is 6.65. The van der Waals surface area contributed by atoms with Gasteiger partial charge >= 0.3 is 5.97 Å². The Morgan fingerprint density at radius 3 is 2.67 bits per heavy atom. The molecule has 21 heavy (non-hydrogen) atoms. The summed E-state index contributed by atoms with van der Waals surface area (Å²) in [5, 5.41) is 0. The molecule has 1 aromatic carbocycles. The molecule has 1 heterocycles. The van der Waals surface area contributed by atoms with E-state index in [1.165, 1.54) is 24.5 Å². The van der Waals surface area contributed by atoms with E-state index < -0.39 is 5.97 Å². The maximum atomic E-state index is 13.8. The summed E-state index contributed by atoms with van der Waals surface area (Å²) in [5.41, 5.74) is 8.04. The summed E-state index contributed by atoms with van der Waals surface area (Å²) in [5.74, 6) is -0.725. The number of methoxy groups -OCH3 is 1. The predicted molar refractivity (Wildman–Crippen MR) is 87.3 cm³/mol. The highest BCUT2D eigenvalue weighted by Crippen LogP contribution is 2.45. The fourth-order valence-corrected chi connectivity index (χ4v) is 4.07. The lowest BCUT2D eigenvalue weighted by Gasteiger charge is -2.10. The summed E-state index contributed by atoms with van der Waals surface area (Å²) in [6.45, 7) is 3.96. The molecule has 112 valence electrons. The van der Waals surface area contributed by atoms with Gasteiger partial charge in [-0.2, -0.15) is 0 Å². The lowest BCUT2D eigenvalue weighted by molar-refractivity contribution is 0.0607. The van der Waals surface area contributed by atoms with E-state index in [0.29, 0.717) is 20.6 Å². The molecule has 0 aliphatic carbocycles. The molecule has 0 saturated carbocycles. The summed E-state index contributed by atoms with van der Waals surface area (Å²) in [6.07, 6.45) is 0. The highest BCUT2D eigenvalue weighted by Gasteiger charge is 2.25. The molecule has 0 aliphatic heterocycles. The number of benzene rings is 1. The van der Waals surface area contributed by atoms with Gasteiger partial charge < -0.3 is 10.5 Å². The number of carbonyl (C=O) groups excluding carboxylic acids is 1. The van der Waals surface area contributed by atoms with E-state index in [1.807, 2.05) is 13.8 Å². The van der Waals surface area contributed by atoms with Crippen molar-refractivity contribution in [2.45, 2.75) is 19.8 Å². The second-order valence-electron chi connectivity index (χ2n) is 4.84. The molecule has 2 N–H and O–H groups in total. The van der Waals surface area contributed by atoms with Crippen LogP contribution in [0.15, 0.2) is 22.7 Å². The predicted octanol–water partition coefficient (Wildman–Crippen LogP) is 4.81. The average molecular weight is 372 g/mol. The van der Waals surface area contributed by atoms with Gasteiger partial charge in [-0.3, -0.25) is 0 Å². The Hall–Kier alpha value is -1.40. The van der Waals surface area contributed by atoms with Gasteiger partial charge in [0.2, 0.25) is 0 Å². The monoisotopic (exact) mass is 371 g/mol. The smallest absolute Gasteiger partial charge is 0.350 e. The van der Waals surface area contributed by atoms with Crippen molar-refractivity contribution in [2.24, 2.45) is 0 Å². The van der Waals surface area contributed by atoms with Crippen molar-refractivity contribution in [3.8, 4) is 10.4 Å². The van der Waals surface area contributed by atoms with Crippen molar-refractivity contribution in [3.05, 3.63) is 38.9 Å². The fraction of sp³-hybridized carbons (Fsp3) is 0.267. The molecule has 0 bridgehead atoms. The maximum absolute atomic E-state index is 13.8. The molecule has 6 heteroatoms. The van der Waals surface area contributed by atoms with Gasteiger partial charge in [-0.05, 0) is 33.5 Å². The van der Waals surface area contributed by atoms with Crippen LogP contribution < -0.4 is 5.73 Å². The van der Waals surface area contributed by atoms with Gasteiger partial charge in [-0.1, -0.05) is 26.0 Å². The largest absolute Gasteiger partial charge is 0.465 e. The molecule has 0 atom stereocenters. The molecule has 0 amide bonds. The Kier molecular flexibility index (Phi) is 4.68. The number of nitrogens with two attached hydrogens (primary N) is 1. The summed E-state index contributed by atoms with van der Waals surface area (Å²) in [6, 6.07) is 4.81. The highest BCUT2D eigenvalue weighted by atomic mass is 79.9. The third-order valence-electron chi connectivity index (χ3n) is 3.13. The number of nitrogen functional groups attached to an aromatic ring is 1. The van der Waals surface area contributed by atoms with Crippen LogP contribution in [0.3, 0.4) is 0 Å². The summed E-state index contributed by atoms with van der Waals surface area (Å²) in [7, 11) is 1.31. The average Bonchev–Trinajstić information content (AvgIpc) is 2.78. The standard InChI is InChI=1S/C15H15BrFNO2S/c1-7(2)10-12(18)14(15(19)20-3)21-13(10)8-5-4-6-9(17)11(8)16/h4-7H,18H2,1-3H3. The lowest BCUT2D eigenvalue weighted by atomic mass is 9.98. The quantitative estimate of drug-likeness (QED) is 0.787. The van der Waals surface area contributed by atoms with E-state index in [0.717, 1.165) is 10.4 Å². The van der Waals surface area contributed by atoms with E-state index in [1.54, 1.807) is 12.1 Å². The summed E-state index contributed by atoms with van der Waals surface area (Å²) in [4.78, 5) is 13.0. The van der Waals surface area contributed by atoms with Crippen molar-refractivity contribution < 1.29 is 13.9 Å². The summed E-state index contributed by atoms with van der Waals surface area (Å²) < 4.78 is 18.9. The van der Waals surface area contributed by atoms with Gasteiger partial charge in [-0.15, -0.1) is 11.3 Å². The number of anilines is 1. The number of hydrogen-bond acceptors (Lipinski definition) is 4. The number of carbonyl (C=O) groups is 1. The van der Waals surface area contributed by atoms with E-state index in [-0.39, 0.29) is 11.7 Å². The molecule has 1 aromatic heterocycles. The molecule has 0 radical (unpaired) electrons. The molecule has 0 spiro atoms. The Morgan fingerprint density at radius 2 is 2.10 bits per heavy atom. The van der Waals surface area contributed by atoms with Crippen molar-refractivity contribution in [1.82, 2.24) is 0 Å². The summed E-state index contributed by atoms with van der Waals surface area (Å²) >= 11 is 4.49. The number of ether oxygens (including phenoxy) is 1. The van der Waals surface area contributed by atoms with Crippen molar-refractivity contribution in [1.29, 1.82) is 0 Å². The molecule has 0 aliphatic rings. The van der Waals surface area contributed by atoms with Crippen molar-refractivity contribution in [2.75, 3.05) is 12.8 Å². The number of thiophene rings is 1. The van der Waals surface area contributed by atoms with Gasteiger partial charge in [-0.25, -0.2) is 9.18 Å². The molecule has 0 unspecified atom stereocenters. The molecule has 0 saturated heterocycles. The van der Waals surface area contributed by atoms with Crippen LogP contribution >= 0.6 is 27.3 Å². The number of rotatable bonds is 3. The minimum absolute atomic E-state index is 0.102. The fourth-order valence-electron chi connectivity index (χ4n) is 2.15. The highest BCUT2D eigenvalue weighted by molar-refractivity contribution is 9.10. The number of esters is 1. The molecule has 3 nitrogen and oxygen atoms in total. The van der Waals surface area contributed by atoms with Crippen LogP contribution in [0.1, 0.15) is 35.0 Å². The number of hydrogen-bond donors (Lipinski definition) is 1. The minimum atomic E-state index is -0.474. The second kappa shape index (κ2) is 6.15. The zero-order valence-electron chi connectivity index (χ0n) is 11.9. The first kappa shape index (κ1) is 16.0. The Labute approximate surface area is 135 Å². The Morgan fingerprint density at radius 1 is 1.43 bits per heavy atom. The van der Waals surface area contributed by atoms with E-state index in [9.17, 15) is 9.18 Å². The van der Waals surface area contributed by atoms with Gasteiger partial charge in [0.25, 0.3) is 0 Å². The zero-order chi connectivity index (χ0) is 15.7. The molecular weight excluding hydrogens is 357 g/mol. The van der Waals surface area contributed by atoms with Crippen LogP contribution in [0, 0.1) is 5.82 Å². The van der Waals surface area contributed by atoms with Crippen LogP contribution in [0.25, 0.3) is 10.4 Å². The third kappa shape index (κ3) is 2.82. The molecular formula is C15H15BrFNO2S. The Bertz CT molecular complexity index is 697. The van der Waals surface area contributed by atoms with Gasteiger partial charge in [0.05, 0.1) is 17.3 Å². The first-order valence-electron chi connectivity index (χ1n) is 6.33. The topological polar surface area (TPSA) is 52.3 Å². The first-order chi connectivity index (χ1) is 9.88. The van der Waals surface area contributed by atoms with Crippen LogP contribution in [0.4, 0.5) is 10.1 Å². The first-order valence-corrected chi connectivity index (χ1v) is 7.94. The SMILES string of the molecule is COC(=O)c1sc(-c2cccc(F)c2Br)c(C(C)C)c1N. The zero-order valence-corrected chi connectivity index (χ0v) is 14.3. The molecule has 0 fully saturated rings. The van der Waals surface area contributed by atoms with E-state index >= 15 is 0 Å². The third-order valence-corrected chi connectivity index (χ3v) is 5.17. The van der Waals surface area contributed by atoms with Gasteiger partial charge in [0.1, 0.15) is 10.7 Å². The van der Waals surface area contributed by atoms with Crippen LogP contribution in [0.2, 0.25) is 0 Å². The van der Waals surface area contributed by atoms with Gasteiger partial charge in [0.15, 0.2) is 0 Å². The van der Waals surface area contributed by atoms with E-state index in [4.69, 9.17) is 10.5 Å². The van der Waals surface area contributed by atoms with Crippen LogP contribution in [0.5, 0.6) is 0 Å². The van der Waals surface area contributed by atoms with Crippen LogP contribution in [-0.4, -0.2) is 13.1 Å². The van der Waals surface area contributed by atoms with E-state index in [2.05, 4.69) is 15.9 Å². The Balaban J connectivity index is 2.74. The van der Waals surface area contributed by atoms with Crippen molar-refractivity contribution >= 4 is 38.9 Å². The normalized spacial score (nSPS) is 11.0. The van der Waals surface area contributed by atoms with Gasteiger partial charge in [0, 0.05) is 10.4 Å². The van der Waals surface area contributed by atoms with Crippen molar-refractivity contribution in [3.63, 3.8) is 0 Å². The van der Waals surface area contributed by atoms with Crippen LogP contribution in [-0.2, 0) is 4.74 Å². The molecule has 2 rings (SSSR count). The minimum Gasteiger partial charge on any atom is -0.465 e.